The van der Waals surface area contributed by atoms with E-state index in [9.17, 15) is 4.79 Å². The Balaban J connectivity index is 1.75. The number of furan rings is 1. The zero-order valence-corrected chi connectivity index (χ0v) is 11.9. The van der Waals surface area contributed by atoms with Crippen molar-refractivity contribution in [2.24, 2.45) is 0 Å². The van der Waals surface area contributed by atoms with E-state index in [1.807, 2.05) is 24.3 Å². The topological polar surface area (TPSA) is 55.1 Å². The van der Waals surface area contributed by atoms with Gasteiger partial charge in [0.05, 0.1) is 22.5 Å². The summed E-state index contributed by atoms with van der Waals surface area (Å²) < 4.78 is 5.21. The van der Waals surface area contributed by atoms with Gasteiger partial charge in [0.15, 0.2) is 0 Å². The van der Waals surface area contributed by atoms with Crippen LogP contribution in [0.2, 0.25) is 5.02 Å². The summed E-state index contributed by atoms with van der Waals surface area (Å²) in [6, 6.07) is 10.9. The molecule has 1 amide bonds. The molecule has 5 heteroatoms. The van der Waals surface area contributed by atoms with E-state index in [-0.39, 0.29) is 5.91 Å². The molecule has 1 N–H and O–H groups in total. The number of pyridine rings is 1. The van der Waals surface area contributed by atoms with Crippen LogP contribution in [0.3, 0.4) is 0 Å². The summed E-state index contributed by atoms with van der Waals surface area (Å²) in [6.45, 7) is 0. The number of amides is 1. The van der Waals surface area contributed by atoms with E-state index in [0.717, 1.165) is 11.1 Å². The van der Waals surface area contributed by atoms with Crippen molar-refractivity contribution in [2.75, 3.05) is 5.32 Å². The number of hydrogen-bond acceptors (Lipinski definition) is 3. The molecule has 0 spiro atoms. The standard InChI is InChI=1S/C16H13ClN2O2/c17-13-6-7-14(12-4-1-9-18-16(12)13)19-15(20)8-5-11-3-2-10-21-11/h1-4,6-7,9-10H,5,8H2,(H,19,20). The molecule has 0 aliphatic heterocycles. The molecule has 0 radical (unpaired) electrons. The molecule has 0 atom stereocenters. The Hall–Kier alpha value is -2.33. The monoisotopic (exact) mass is 300 g/mol. The van der Waals surface area contributed by atoms with Gasteiger partial charge >= 0.3 is 0 Å². The van der Waals surface area contributed by atoms with Gasteiger partial charge in [-0.1, -0.05) is 11.6 Å². The van der Waals surface area contributed by atoms with Gasteiger partial charge in [-0.3, -0.25) is 9.78 Å². The number of aromatic nitrogens is 1. The minimum atomic E-state index is -0.0705. The Kier molecular flexibility index (Phi) is 3.88. The number of anilines is 1. The highest BCUT2D eigenvalue weighted by atomic mass is 35.5. The number of rotatable bonds is 4. The smallest absolute Gasteiger partial charge is 0.224 e. The fourth-order valence-corrected chi connectivity index (χ4v) is 2.37. The van der Waals surface area contributed by atoms with Crippen molar-refractivity contribution in [2.45, 2.75) is 12.8 Å². The summed E-state index contributed by atoms with van der Waals surface area (Å²) in [5.41, 5.74) is 1.40. The van der Waals surface area contributed by atoms with Gasteiger partial charge in [0.25, 0.3) is 0 Å². The number of hydrogen-bond donors (Lipinski definition) is 1. The van der Waals surface area contributed by atoms with Crippen LogP contribution in [-0.4, -0.2) is 10.9 Å². The van der Waals surface area contributed by atoms with E-state index < -0.39 is 0 Å². The molecular weight excluding hydrogens is 288 g/mol. The van der Waals surface area contributed by atoms with Gasteiger partial charge in [-0.05, 0) is 36.4 Å². The summed E-state index contributed by atoms with van der Waals surface area (Å²) in [6.07, 6.45) is 4.21. The van der Waals surface area contributed by atoms with Crippen LogP contribution in [0.15, 0.2) is 53.3 Å². The zero-order chi connectivity index (χ0) is 14.7. The maximum atomic E-state index is 12.0. The first-order valence-corrected chi connectivity index (χ1v) is 6.97. The Morgan fingerprint density at radius 3 is 2.95 bits per heavy atom. The molecule has 106 valence electrons. The van der Waals surface area contributed by atoms with E-state index in [2.05, 4.69) is 10.3 Å². The molecule has 0 fully saturated rings. The molecule has 2 heterocycles. The lowest BCUT2D eigenvalue weighted by Crippen LogP contribution is -2.12. The highest BCUT2D eigenvalue weighted by Gasteiger charge is 2.09. The molecular formula is C16H13ClN2O2. The fraction of sp³-hybridized carbons (Fsp3) is 0.125. The van der Waals surface area contributed by atoms with Crippen LogP contribution in [0.1, 0.15) is 12.2 Å². The number of fused-ring (bicyclic) bond motifs is 1. The lowest BCUT2D eigenvalue weighted by atomic mass is 10.1. The zero-order valence-electron chi connectivity index (χ0n) is 11.2. The molecule has 0 bridgehead atoms. The summed E-state index contributed by atoms with van der Waals surface area (Å²) in [7, 11) is 0. The number of carbonyl (C=O) groups excluding carboxylic acids is 1. The van der Waals surface area contributed by atoms with Gasteiger partial charge in [-0.15, -0.1) is 0 Å². The van der Waals surface area contributed by atoms with Gasteiger partial charge in [0, 0.05) is 24.4 Å². The normalized spacial score (nSPS) is 10.7. The first-order valence-electron chi connectivity index (χ1n) is 6.59. The van der Waals surface area contributed by atoms with Crippen LogP contribution in [0, 0.1) is 0 Å². The SMILES string of the molecule is O=C(CCc1ccco1)Nc1ccc(Cl)c2ncccc12. The average molecular weight is 301 g/mol. The molecule has 1 aromatic carbocycles. The molecule has 0 saturated carbocycles. The van der Waals surface area contributed by atoms with Crippen LogP contribution >= 0.6 is 11.6 Å². The highest BCUT2D eigenvalue weighted by Crippen LogP contribution is 2.28. The number of carbonyl (C=O) groups is 1. The lowest BCUT2D eigenvalue weighted by molar-refractivity contribution is -0.116. The first-order chi connectivity index (χ1) is 10.2. The number of nitrogens with zero attached hydrogens (tertiary/aromatic N) is 1. The van der Waals surface area contributed by atoms with Gasteiger partial charge in [0.1, 0.15) is 5.76 Å². The van der Waals surface area contributed by atoms with Crippen molar-refractivity contribution in [3.63, 3.8) is 0 Å². The van der Waals surface area contributed by atoms with E-state index in [1.165, 1.54) is 0 Å². The van der Waals surface area contributed by atoms with Crippen LogP contribution in [0.4, 0.5) is 5.69 Å². The van der Waals surface area contributed by atoms with Gasteiger partial charge in [-0.25, -0.2) is 0 Å². The van der Waals surface area contributed by atoms with E-state index in [0.29, 0.717) is 29.1 Å². The predicted molar refractivity (Wildman–Crippen MR) is 82.4 cm³/mol. The third-order valence-corrected chi connectivity index (χ3v) is 3.48. The number of nitrogens with one attached hydrogen (secondary N) is 1. The summed E-state index contributed by atoms with van der Waals surface area (Å²) in [5.74, 6) is 0.728. The molecule has 21 heavy (non-hydrogen) atoms. The molecule has 4 nitrogen and oxygen atoms in total. The Bertz CT molecular complexity index is 769. The summed E-state index contributed by atoms with van der Waals surface area (Å²) in [4.78, 5) is 16.3. The van der Waals surface area contributed by atoms with Crippen molar-refractivity contribution in [1.29, 1.82) is 0 Å². The molecule has 0 unspecified atom stereocenters. The quantitative estimate of drug-likeness (QED) is 0.790. The Morgan fingerprint density at radius 2 is 2.14 bits per heavy atom. The van der Waals surface area contributed by atoms with Crippen molar-refractivity contribution < 1.29 is 9.21 Å². The van der Waals surface area contributed by atoms with Gasteiger partial charge < -0.3 is 9.73 Å². The fourth-order valence-electron chi connectivity index (χ4n) is 2.15. The minimum absolute atomic E-state index is 0.0705. The second-order valence-electron chi connectivity index (χ2n) is 4.62. The van der Waals surface area contributed by atoms with Crippen molar-refractivity contribution >= 4 is 34.1 Å². The minimum Gasteiger partial charge on any atom is -0.469 e. The lowest BCUT2D eigenvalue weighted by Gasteiger charge is -2.09. The van der Waals surface area contributed by atoms with Gasteiger partial charge in [0.2, 0.25) is 5.91 Å². The second kappa shape index (κ2) is 5.97. The summed E-state index contributed by atoms with van der Waals surface area (Å²) in [5, 5.41) is 4.29. The molecule has 0 aliphatic rings. The first kappa shape index (κ1) is 13.6. The van der Waals surface area contributed by atoms with Crippen LogP contribution in [0.25, 0.3) is 10.9 Å². The predicted octanol–water partition coefficient (Wildman–Crippen LogP) is 4.05. The van der Waals surface area contributed by atoms with E-state index in [4.69, 9.17) is 16.0 Å². The summed E-state index contributed by atoms with van der Waals surface area (Å²) >= 11 is 6.11. The van der Waals surface area contributed by atoms with E-state index in [1.54, 1.807) is 24.6 Å². The highest BCUT2D eigenvalue weighted by molar-refractivity contribution is 6.35. The van der Waals surface area contributed by atoms with Crippen molar-refractivity contribution in [3.8, 4) is 0 Å². The molecule has 0 aliphatic carbocycles. The maximum Gasteiger partial charge on any atom is 0.224 e. The Labute approximate surface area is 126 Å². The van der Waals surface area contributed by atoms with Crippen LogP contribution in [-0.2, 0) is 11.2 Å². The Morgan fingerprint density at radius 1 is 1.24 bits per heavy atom. The average Bonchev–Trinajstić information content (AvgIpc) is 3.02. The number of halogens is 1. The van der Waals surface area contributed by atoms with Crippen LogP contribution < -0.4 is 5.32 Å². The molecule has 3 aromatic rings. The number of aryl methyl sites for hydroxylation is 1. The maximum absolute atomic E-state index is 12.0. The van der Waals surface area contributed by atoms with E-state index >= 15 is 0 Å². The molecule has 2 aromatic heterocycles. The van der Waals surface area contributed by atoms with Gasteiger partial charge in [-0.2, -0.15) is 0 Å². The second-order valence-corrected chi connectivity index (χ2v) is 5.03. The van der Waals surface area contributed by atoms with Crippen molar-refractivity contribution in [1.82, 2.24) is 4.98 Å². The van der Waals surface area contributed by atoms with Crippen molar-refractivity contribution in [3.05, 3.63) is 59.6 Å². The molecule has 0 saturated heterocycles. The molecule has 3 rings (SSSR count). The van der Waals surface area contributed by atoms with Crippen LogP contribution in [0.5, 0.6) is 0 Å². The largest absolute Gasteiger partial charge is 0.469 e. The number of benzene rings is 1. The third-order valence-electron chi connectivity index (χ3n) is 3.17. The third kappa shape index (κ3) is 3.06.